The van der Waals surface area contributed by atoms with E-state index < -0.39 is 0 Å². The van der Waals surface area contributed by atoms with Crippen LogP contribution in [0.15, 0.2) is 22.7 Å². The predicted molar refractivity (Wildman–Crippen MR) is 86.8 cm³/mol. The third-order valence-corrected chi connectivity index (χ3v) is 5.09. The van der Waals surface area contributed by atoms with E-state index in [1.807, 2.05) is 7.11 Å². The minimum atomic E-state index is 0.259. The van der Waals surface area contributed by atoms with Gasteiger partial charge in [-0.25, -0.2) is 0 Å². The predicted octanol–water partition coefficient (Wildman–Crippen LogP) is 3.11. The average Bonchev–Trinajstić information content (AvgIpc) is 2.43. The molecular weight excluding hydrogens is 316 g/mol. The van der Waals surface area contributed by atoms with Gasteiger partial charge in [0.2, 0.25) is 0 Å². The molecule has 1 aliphatic rings. The van der Waals surface area contributed by atoms with Gasteiger partial charge in [-0.15, -0.1) is 0 Å². The highest BCUT2D eigenvalue weighted by Crippen LogP contribution is 2.31. The van der Waals surface area contributed by atoms with Crippen LogP contribution in [-0.4, -0.2) is 37.7 Å². The van der Waals surface area contributed by atoms with Crippen LogP contribution >= 0.6 is 15.9 Å². The molecule has 1 aromatic carbocycles. The lowest BCUT2D eigenvalue weighted by atomic mass is 9.93. The molecule has 1 heterocycles. The maximum atomic E-state index is 6.06. The summed E-state index contributed by atoms with van der Waals surface area (Å²) in [6, 6.07) is 6.77. The quantitative estimate of drug-likeness (QED) is 0.915. The number of nitrogens with two attached hydrogens (primary N) is 1. The Labute approximate surface area is 130 Å². The summed E-state index contributed by atoms with van der Waals surface area (Å²) in [6.07, 6.45) is 1.47. The van der Waals surface area contributed by atoms with E-state index in [4.69, 9.17) is 10.5 Å². The molecule has 0 radical (unpaired) electrons. The summed E-state index contributed by atoms with van der Waals surface area (Å²) in [5, 5.41) is 0. The molecule has 112 valence electrons. The summed E-state index contributed by atoms with van der Waals surface area (Å²) in [4.78, 5) is 2.46. The average molecular weight is 341 g/mol. The highest BCUT2D eigenvalue weighted by molar-refractivity contribution is 9.10. The van der Waals surface area contributed by atoms with Gasteiger partial charge in [-0.1, -0.05) is 35.0 Å². The number of nitrogens with zero attached hydrogens (tertiary/aromatic N) is 1. The molecule has 20 heavy (non-hydrogen) atoms. The molecule has 0 saturated carbocycles. The van der Waals surface area contributed by atoms with Crippen LogP contribution < -0.4 is 5.73 Å². The number of methoxy groups -OCH3 is 1. The Morgan fingerprint density at radius 1 is 1.50 bits per heavy atom. The molecule has 0 aliphatic carbocycles. The largest absolute Gasteiger partial charge is 0.380 e. The van der Waals surface area contributed by atoms with Gasteiger partial charge in [-0.3, -0.25) is 4.90 Å². The monoisotopic (exact) mass is 340 g/mol. The van der Waals surface area contributed by atoms with Gasteiger partial charge in [0, 0.05) is 30.7 Å². The third-order valence-electron chi connectivity index (χ3n) is 4.40. The van der Waals surface area contributed by atoms with Gasteiger partial charge in [0.1, 0.15) is 0 Å². The number of likely N-dealkylation sites (tertiary alicyclic amines) is 1. The van der Waals surface area contributed by atoms with E-state index in [9.17, 15) is 0 Å². The molecule has 3 atom stereocenters. The fourth-order valence-electron chi connectivity index (χ4n) is 3.02. The molecule has 0 spiro atoms. The van der Waals surface area contributed by atoms with E-state index in [-0.39, 0.29) is 6.04 Å². The Kier molecular flexibility index (Phi) is 5.61. The van der Waals surface area contributed by atoms with Gasteiger partial charge in [-0.2, -0.15) is 0 Å². The van der Waals surface area contributed by atoms with Crippen molar-refractivity contribution in [3.05, 3.63) is 33.8 Å². The molecule has 1 fully saturated rings. The first-order valence-corrected chi connectivity index (χ1v) is 8.09. The molecule has 4 heteroatoms. The molecule has 2 rings (SSSR count). The number of ether oxygens (including phenoxy) is 1. The number of aryl methyl sites for hydroxylation is 1. The van der Waals surface area contributed by atoms with Crippen LogP contribution in [0.2, 0.25) is 0 Å². The molecule has 3 nitrogen and oxygen atoms in total. The van der Waals surface area contributed by atoms with Gasteiger partial charge >= 0.3 is 0 Å². The summed E-state index contributed by atoms with van der Waals surface area (Å²) in [6.45, 7) is 7.05. The van der Waals surface area contributed by atoms with E-state index in [2.05, 4.69) is 52.9 Å². The van der Waals surface area contributed by atoms with Crippen molar-refractivity contribution in [2.24, 2.45) is 11.7 Å². The number of benzene rings is 1. The highest BCUT2D eigenvalue weighted by atomic mass is 79.9. The Morgan fingerprint density at radius 3 is 2.85 bits per heavy atom. The summed E-state index contributed by atoms with van der Waals surface area (Å²) in [5.41, 5.74) is 8.60. The van der Waals surface area contributed by atoms with Crippen molar-refractivity contribution in [1.29, 1.82) is 0 Å². The Morgan fingerprint density at radius 2 is 2.25 bits per heavy atom. The number of piperidine rings is 1. The SMILES string of the molecule is COC1CN(C(CN)c2ccc(C)cc2Br)CCC1C. The zero-order valence-corrected chi connectivity index (χ0v) is 14.2. The molecule has 0 bridgehead atoms. The first-order chi connectivity index (χ1) is 9.56. The lowest BCUT2D eigenvalue weighted by Crippen LogP contribution is -2.47. The molecule has 1 saturated heterocycles. The number of rotatable bonds is 4. The van der Waals surface area contributed by atoms with Gasteiger partial charge in [0.15, 0.2) is 0 Å². The van der Waals surface area contributed by atoms with Crippen molar-refractivity contribution < 1.29 is 4.74 Å². The Balaban J connectivity index is 2.19. The summed E-state index contributed by atoms with van der Waals surface area (Å²) < 4.78 is 6.77. The van der Waals surface area contributed by atoms with Gasteiger partial charge in [-0.05, 0) is 43.0 Å². The molecule has 1 aliphatic heterocycles. The first-order valence-electron chi connectivity index (χ1n) is 7.29. The molecule has 2 N–H and O–H groups in total. The fraction of sp³-hybridized carbons (Fsp3) is 0.625. The van der Waals surface area contributed by atoms with Crippen LogP contribution in [0.5, 0.6) is 0 Å². The molecule has 1 aromatic rings. The molecule has 0 aromatic heterocycles. The number of halogens is 1. The zero-order valence-electron chi connectivity index (χ0n) is 12.6. The fourth-order valence-corrected chi connectivity index (χ4v) is 3.78. The van der Waals surface area contributed by atoms with E-state index in [1.54, 1.807) is 0 Å². The van der Waals surface area contributed by atoms with Crippen LogP contribution in [0.25, 0.3) is 0 Å². The maximum absolute atomic E-state index is 6.06. The third kappa shape index (κ3) is 3.42. The van der Waals surface area contributed by atoms with E-state index in [0.717, 1.165) is 17.6 Å². The summed E-state index contributed by atoms with van der Waals surface area (Å²) in [7, 11) is 1.81. The van der Waals surface area contributed by atoms with E-state index >= 15 is 0 Å². The van der Waals surface area contributed by atoms with E-state index in [0.29, 0.717) is 18.6 Å². The smallest absolute Gasteiger partial charge is 0.0724 e. The summed E-state index contributed by atoms with van der Waals surface area (Å²) in [5.74, 6) is 0.621. The second kappa shape index (κ2) is 7.03. The van der Waals surface area contributed by atoms with Crippen molar-refractivity contribution in [3.63, 3.8) is 0 Å². The van der Waals surface area contributed by atoms with Crippen molar-refractivity contribution in [2.75, 3.05) is 26.7 Å². The zero-order chi connectivity index (χ0) is 14.7. The lowest BCUT2D eigenvalue weighted by Gasteiger charge is -2.40. The Hall–Kier alpha value is -0.420. The standard InChI is InChI=1S/C16H25BrN2O/c1-11-4-5-13(14(17)8-11)15(9-18)19-7-6-12(2)16(10-19)20-3/h4-5,8,12,15-16H,6-7,9-10,18H2,1-3H3. The second-order valence-corrected chi connectivity index (χ2v) is 6.67. The summed E-state index contributed by atoms with van der Waals surface area (Å²) >= 11 is 3.69. The minimum absolute atomic E-state index is 0.259. The number of hydrogen-bond donors (Lipinski definition) is 1. The van der Waals surface area contributed by atoms with Crippen LogP contribution in [0.3, 0.4) is 0 Å². The van der Waals surface area contributed by atoms with Gasteiger partial charge in [0.25, 0.3) is 0 Å². The molecule has 0 amide bonds. The van der Waals surface area contributed by atoms with Crippen LogP contribution in [0, 0.1) is 12.8 Å². The van der Waals surface area contributed by atoms with Crippen molar-refractivity contribution in [1.82, 2.24) is 4.90 Å². The van der Waals surface area contributed by atoms with Crippen LogP contribution in [0.4, 0.5) is 0 Å². The first kappa shape index (κ1) is 16.0. The topological polar surface area (TPSA) is 38.5 Å². The highest BCUT2D eigenvalue weighted by Gasteiger charge is 2.31. The van der Waals surface area contributed by atoms with Crippen molar-refractivity contribution in [2.45, 2.75) is 32.4 Å². The normalized spacial score (nSPS) is 25.6. The van der Waals surface area contributed by atoms with Crippen molar-refractivity contribution >= 4 is 15.9 Å². The second-order valence-electron chi connectivity index (χ2n) is 5.81. The Bertz CT molecular complexity index is 452. The van der Waals surface area contributed by atoms with Crippen molar-refractivity contribution in [3.8, 4) is 0 Å². The minimum Gasteiger partial charge on any atom is -0.380 e. The molecular formula is C16H25BrN2O. The van der Waals surface area contributed by atoms with Gasteiger partial charge in [0.05, 0.1) is 6.10 Å². The molecule has 3 unspecified atom stereocenters. The van der Waals surface area contributed by atoms with Gasteiger partial charge < -0.3 is 10.5 Å². The number of hydrogen-bond acceptors (Lipinski definition) is 3. The van der Waals surface area contributed by atoms with E-state index in [1.165, 1.54) is 17.5 Å². The maximum Gasteiger partial charge on any atom is 0.0724 e. The van der Waals surface area contributed by atoms with Crippen LogP contribution in [0.1, 0.15) is 30.5 Å². The van der Waals surface area contributed by atoms with Crippen LogP contribution in [-0.2, 0) is 4.74 Å². The lowest BCUT2D eigenvalue weighted by molar-refractivity contribution is -0.0184.